The van der Waals surface area contributed by atoms with Gasteiger partial charge in [0.1, 0.15) is 5.15 Å². The Kier molecular flexibility index (Phi) is 3.10. The van der Waals surface area contributed by atoms with E-state index < -0.39 is 0 Å². The van der Waals surface area contributed by atoms with Crippen LogP contribution in [0.5, 0.6) is 0 Å². The van der Waals surface area contributed by atoms with Gasteiger partial charge < -0.3 is 5.32 Å². The minimum absolute atomic E-state index is 0.572. The van der Waals surface area contributed by atoms with E-state index in [9.17, 15) is 0 Å². The molecule has 2 heterocycles. The molecule has 2 fully saturated rings. The molecule has 1 spiro atoms. The van der Waals surface area contributed by atoms with Gasteiger partial charge in [0.15, 0.2) is 0 Å². The van der Waals surface area contributed by atoms with Crippen molar-refractivity contribution in [1.29, 1.82) is 0 Å². The van der Waals surface area contributed by atoms with E-state index in [0.29, 0.717) is 16.5 Å². The molecule has 3 rings (SSSR count). The quantitative estimate of drug-likeness (QED) is 0.773. The summed E-state index contributed by atoms with van der Waals surface area (Å²) >= 11 is 5.84. The highest BCUT2D eigenvalue weighted by Crippen LogP contribution is 2.49. The molecule has 1 saturated heterocycles. The van der Waals surface area contributed by atoms with Crippen LogP contribution in [0, 0.1) is 5.41 Å². The topological polar surface area (TPSA) is 24.9 Å². The smallest absolute Gasteiger partial charge is 0.129 e. The van der Waals surface area contributed by atoms with Gasteiger partial charge in [0.25, 0.3) is 0 Å². The van der Waals surface area contributed by atoms with Gasteiger partial charge in [-0.2, -0.15) is 0 Å². The summed E-state index contributed by atoms with van der Waals surface area (Å²) in [6.07, 6.45) is 8.70. The lowest BCUT2D eigenvalue weighted by Gasteiger charge is -2.34. The van der Waals surface area contributed by atoms with E-state index in [2.05, 4.69) is 16.4 Å². The van der Waals surface area contributed by atoms with E-state index >= 15 is 0 Å². The average Bonchev–Trinajstić information content (AvgIpc) is 2.75. The minimum Gasteiger partial charge on any atom is -0.316 e. The van der Waals surface area contributed by atoms with Crippen LogP contribution in [0.3, 0.4) is 0 Å². The first-order valence-corrected chi connectivity index (χ1v) is 6.97. The highest BCUT2D eigenvalue weighted by molar-refractivity contribution is 6.29. The van der Waals surface area contributed by atoms with Gasteiger partial charge in [-0.25, -0.2) is 4.98 Å². The molecule has 0 aromatic carbocycles. The number of hydrogen-bond donors (Lipinski definition) is 1. The SMILES string of the molecule is Clc1ccc(C2CCC3(CCCNC3)C2)cn1. The number of piperidine rings is 1. The van der Waals surface area contributed by atoms with Gasteiger partial charge in [-0.3, -0.25) is 0 Å². The Morgan fingerprint density at radius 1 is 1.35 bits per heavy atom. The molecule has 1 aromatic rings. The van der Waals surface area contributed by atoms with Crippen LogP contribution >= 0.6 is 11.6 Å². The van der Waals surface area contributed by atoms with Crippen LogP contribution in [0.2, 0.25) is 5.15 Å². The molecule has 1 saturated carbocycles. The first-order chi connectivity index (χ1) is 8.27. The zero-order valence-corrected chi connectivity index (χ0v) is 10.8. The monoisotopic (exact) mass is 250 g/mol. The molecule has 0 amide bonds. The fraction of sp³-hybridized carbons (Fsp3) is 0.643. The van der Waals surface area contributed by atoms with Crippen molar-refractivity contribution >= 4 is 11.6 Å². The molecule has 2 nitrogen and oxygen atoms in total. The van der Waals surface area contributed by atoms with Crippen LogP contribution in [-0.2, 0) is 0 Å². The predicted molar refractivity (Wildman–Crippen MR) is 70.4 cm³/mol. The van der Waals surface area contributed by atoms with E-state index in [1.807, 2.05) is 12.3 Å². The number of rotatable bonds is 1. The first-order valence-electron chi connectivity index (χ1n) is 6.60. The van der Waals surface area contributed by atoms with Crippen LogP contribution < -0.4 is 5.32 Å². The molecule has 1 aliphatic heterocycles. The predicted octanol–water partition coefficient (Wildman–Crippen LogP) is 3.37. The minimum atomic E-state index is 0.572. The van der Waals surface area contributed by atoms with Crippen LogP contribution in [0.25, 0.3) is 0 Å². The summed E-state index contributed by atoms with van der Waals surface area (Å²) in [6, 6.07) is 4.07. The van der Waals surface area contributed by atoms with Crippen molar-refractivity contribution in [3.8, 4) is 0 Å². The Morgan fingerprint density at radius 3 is 3.00 bits per heavy atom. The van der Waals surface area contributed by atoms with Crippen molar-refractivity contribution < 1.29 is 0 Å². The number of aromatic nitrogens is 1. The summed E-state index contributed by atoms with van der Waals surface area (Å²) in [5, 5.41) is 4.16. The van der Waals surface area contributed by atoms with E-state index in [4.69, 9.17) is 11.6 Å². The third kappa shape index (κ3) is 2.34. The van der Waals surface area contributed by atoms with Gasteiger partial charge in [-0.15, -0.1) is 0 Å². The zero-order valence-electron chi connectivity index (χ0n) is 10.1. The van der Waals surface area contributed by atoms with Gasteiger partial charge in [0.05, 0.1) is 0 Å². The summed E-state index contributed by atoms with van der Waals surface area (Å²) in [7, 11) is 0. The Bertz CT molecular complexity index is 382. The van der Waals surface area contributed by atoms with Crippen molar-refractivity contribution in [2.75, 3.05) is 13.1 Å². The summed E-state index contributed by atoms with van der Waals surface area (Å²) < 4.78 is 0. The van der Waals surface area contributed by atoms with Crippen molar-refractivity contribution in [3.05, 3.63) is 29.0 Å². The van der Waals surface area contributed by atoms with Gasteiger partial charge in [0, 0.05) is 12.7 Å². The van der Waals surface area contributed by atoms with Crippen LogP contribution in [0.4, 0.5) is 0 Å². The highest BCUT2D eigenvalue weighted by atomic mass is 35.5. The van der Waals surface area contributed by atoms with Crippen LogP contribution in [0.1, 0.15) is 43.6 Å². The van der Waals surface area contributed by atoms with Crippen molar-refractivity contribution in [2.45, 2.75) is 38.0 Å². The van der Waals surface area contributed by atoms with Gasteiger partial charge in [-0.05, 0) is 61.6 Å². The van der Waals surface area contributed by atoms with E-state index in [-0.39, 0.29) is 0 Å². The zero-order chi connectivity index (χ0) is 11.7. The van der Waals surface area contributed by atoms with E-state index in [1.54, 1.807) is 0 Å². The number of nitrogens with one attached hydrogen (secondary N) is 1. The second kappa shape index (κ2) is 4.58. The Morgan fingerprint density at radius 2 is 2.29 bits per heavy atom. The van der Waals surface area contributed by atoms with Crippen molar-refractivity contribution in [2.24, 2.45) is 5.41 Å². The lowest BCUT2D eigenvalue weighted by molar-refractivity contribution is 0.214. The van der Waals surface area contributed by atoms with Gasteiger partial charge in [0.2, 0.25) is 0 Å². The number of halogens is 1. The van der Waals surface area contributed by atoms with E-state index in [0.717, 1.165) is 0 Å². The Labute approximate surface area is 108 Å². The third-order valence-corrected chi connectivity index (χ3v) is 4.71. The maximum absolute atomic E-state index is 5.84. The molecule has 2 atom stereocenters. The Balaban J connectivity index is 1.72. The highest BCUT2D eigenvalue weighted by Gasteiger charge is 2.40. The maximum atomic E-state index is 5.84. The lowest BCUT2D eigenvalue weighted by atomic mass is 9.78. The Hall–Kier alpha value is -0.600. The van der Waals surface area contributed by atoms with Crippen molar-refractivity contribution in [3.63, 3.8) is 0 Å². The average molecular weight is 251 g/mol. The molecule has 2 unspecified atom stereocenters. The number of nitrogens with zero attached hydrogens (tertiary/aromatic N) is 1. The maximum Gasteiger partial charge on any atom is 0.129 e. The molecule has 1 aromatic heterocycles. The number of pyridine rings is 1. The fourth-order valence-electron chi connectivity index (χ4n) is 3.54. The van der Waals surface area contributed by atoms with Gasteiger partial charge >= 0.3 is 0 Å². The largest absolute Gasteiger partial charge is 0.316 e. The molecule has 0 bridgehead atoms. The normalized spacial score (nSPS) is 33.1. The van der Waals surface area contributed by atoms with E-state index in [1.165, 1.54) is 50.8 Å². The lowest BCUT2D eigenvalue weighted by Crippen LogP contribution is -2.38. The number of hydrogen-bond acceptors (Lipinski definition) is 2. The second-order valence-corrected chi connectivity index (χ2v) is 6.02. The van der Waals surface area contributed by atoms with Crippen LogP contribution in [-0.4, -0.2) is 18.1 Å². The standard InChI is InChI=1S/C14H19ClN2/c15-13-3-2-12(9-17-13)11-4-6-14(8-11)5-1-7-16-10-14/h2-3,9,11,16H,1,4-8,10H2. The molecule has 17 heavy (non-hydrogen) atoms. The molecule has 1 N–H and O–H groups in total. The fourth-order valence-corrected chi connectivity index (χ4v) is 3.65. The third-order valence-electron chi connectivity index (χ3n) is 4.48. The summed E-state index contributed by atoms with van der Waals surface area (Å²) in [4.78, 5) is 4.21. The molecule has 3 heteroatoms. The summed E-state index contributed by atoms with van der Waals surface area (Å²) in [6.45, 7) is 2.42. The molecule has 92 valence electrons. The van der Waals surface area contributed by atoms with Crippen LogP contribution in [0.15, 0.2) is 18.3 Å². The molecule has 2 aliphatic rings. The molecule has 0 radical (unpaired) electrons. The summed E-state index contributed by atoms with van der Waals surface area (Å²) in [5.41, 5.74) is 1.94. The second-order valence-electron chi connectivity index (χ2n) is 5.63. The molecule has 1 aliphatic carbocycles. The van der Waals surface area contributed by atoms with Gasteiger partial charge in [-0.1, -0.05) is 17.7 Å². The van der Waals surface area contributed by atoms with Crippen molar-refractivity contribution in [1.82, 2.24) is 10.3 Å². The first kappa shape index (κ1) is 11.5. The molecular weight excluding hydrogens is 232 g/mol. The summed E-state index contributed by atoms with van der Waals surface area (Å²) in [5.74, 6) is 0.694. The molecular formula is C14H19ClN2.